The van der Waals surface area contributed by atoms with Crippen molar-refractivity contribution in [3.05, 3.63) is 0 Å². The van der Waals surface area contributed by atoms with Gasteiger partial charge in [-0.3, -0.25) is 19.2 Å². The minimum absolute atomic E-state index is 0.00978. The molecule has 34 heavy (non-hydrogen) atoms. The van der Waals surface area contributed by atoms with Crippen molar-refractivity contribution in [1.82, 2.24) is 15.3 Å². The molecule has 3 amide bonds. The molecule has 0 aliphatic carbocycles. The quantitative estimate of drug-likeness (QED) is 0.0831. The van der Waals surface area contributed by atoms with Crippen molar-refractivity contribution in [2.45, 2.75) is 62.4 Å². The van der Waals surface area contributed by atoms with Crippen LogP contribution in [-0.4, -0.2) is 115 Å². The minimum atomic E-state index is -1.65. The predicted molar refractivity (Wildman–Crippen MR) is 114 cm³/mol. The Morgan fingerprint density at radius 2 is 1.62 bits per heavy atom. The highest BCUT2D eigenvalue weighted by atomic mass is 33.1. The molecule has 0 aromatic heterocycles. The Bertz CT molecular complexity index is 831. The molecule has 0 aromatic carbocycles. The fraction of sp³-hybridized carbons (Fsp3) is 0.722. The number of aliphatic hydroxyl groups excluding tert-OH is 4. The number of rotatable bonds is 10. The normalized spacial score (nSPS) is 30.9. The van der Waals surface area contributed by atoms with Crippen molar-refractivity contribution in [2.75, 3.05) is 18.1 Å². The Kier molecular flexibility index (Phi) is 9.00. The molecule has 0 spiro atoms. The molecule has 16 heteroatoms. The lowest BCUT2D eigenvalue weighted by Crippen LogP contribution is -2.68. The average molecular weight is 524 g/mol. The molecule has 190 valence electrons. The molecule has 0 aromatic rings. The van der Waals surface area contributed by atoms with Crippen LogP contribution >= 0.6 is 21.6 Å². The van der Waals surface area contributed by atoms with Crippen molar-refractivity contribution in [3.8, 4) is 0 Å². The number of ether oxygens (including phenoxy) is 1. The SMILES string of the molecule is O=C(CCSSCCC(=O)ON1C(=O)CCC1O)OC[C@@H]1[C@@H](O)[C@H](O)[C@H](O)[C@H]2NC(=O)C(=O)N12. The molecule has 3 heterocycles. The molecule has 6 atom stereocenters. The zero-order chi connectivity index (χ0) is 25.0. The summed E-state index contributed by atoms with van der Waals surface area (Å²) >= 11 is 0. The number of esters is 1. The van der Waals surface area contributed by atoms with Gasteiger partial charge in [-0.05, 0) is 0 Å². The van der Waals surface area contributed by atoms with Gasteiger partial charge in [-0.1, -0.05) is 21.6 Å². The summed E-state index contributed by atoms with van der Waals surface area (Å²) in [5, 5.41) is 42.6. The van der Waals surface area contributed by atoms with E-state index in [-0.39, 0.29) is 25.7 Å². The minimum Gasteiger partial charge on any atom is -0.463 e. The lowest BCUT2D eigenvalue weighted by molar-refractivity contribution is -0.220. The standard InChI is InChI=1S/C18H25N3O11S2/c22-9-1-2-10(23)21(9)32-12(25)4-6-34-33-5-3-11(24)31-7-8-13(26)14(27)15(28)16-19-17(29)18(30)20(8)16/h8-9,13-16,22,26-28H,1-7H2,(H,19,29)/t8-,9?,13-,14+,15+,16+/m1/s1. The highest BCUT2D eigenvalue weighted by molar-refractivity contribution is 8.76. The monoisotopic (exact) mass is 523 g/mol. The molecular formula is C18H25N3O11S2. The number of amides is 3. The number of hydroxylamine groups is 2. The third kappa shape index (κ3) is 5.92. The summed E-state index contributed by atoms with van der Waals surface area (Å²) in [6, 6.07) is -1.21. The number of fused-ring (bicyclic) bond motifs is 1. The maximum atomic E-state index is 12.0. The molecule has 14 nitrogen and oxygen atoms in total. The van der Waals surface area contributed by atoms with Crippen LogP contribution in [0, 0.1) is 0 Å². The maximum Gasteiger partial charge on any atom is 0.333 e. The van der Waals surface area contributed by atoms with Gasteiger partial charge in [0.25, 0.3) is 5.91 Å². The van der Waals surface area contributed by atoms with Crippen LogP contribution in [-0.2, 0) is 33.5 Å². The van der Waals surface area contributed by atoms with Crippen LogP contribution in [0.25, 0.3) is 0 Å². The number of carbonyl (C=O) groups excluding carboxylic acids is 5. The first-order chi connectivity index (χ1) is 16.1. The zero-order valence-corrected chi connectivity index (χ0v) is 19.4. The van der Waals surface area contributed by atoms with Crippen molar-refractivity contribution in [3.63, 3.8) is 0 Å². The highest BCUT2D eigenvalue weighted by Gasteiger charge is 2.55. The van der Waals surface area contributed by atoms with Crippen LogP contribution in [0.3, 0.4) is 0 Å². The van der Waals surface area contributed by atoms with Gasteiger partial charge in [0.2, 0.25) is 0 Å². The number of hydrogen-bond acceptors (Lipinski definition) is 13. The molecule has 3 aliphatic rings. The van der Waals surface area contributed by atoms with Gasteiger partial charge in [0.15, 0.2) is 6.23 Å². The largest absolute Gasteiger partial charge is 0.463 e. The van der Waals surface area contributed by atoms with Crippen LogP contribution in [0.5, 0.6) is 0 Å². The molecule has 1 unspecified atom stereocenters. The van der Waals surface area contributed by atoms with Gasteiger partial charge in [-0.2, -0.15) is 0 Å². The van der Waals surface area contributed by atoms with Crippen molar-refractivity contribution in [1.29, 1.82) is 0 Å². The molecule has 0 saturated carbocycles. The lowest BCUT2D eigenvalue weighted by atomic mass is 9.92. The molecule has 0 radical (unpaired) electrons. The van der Waals surface area contributed by atoms with E-state index in [2.05, 4.69) is 5.32 Å². The van der Waals surface area contributed by atoms with E-state index in [9.17, 15) is 44.4 Å². The highest BCUT2D eigenvalue weighted by Crippen LogP contribution is 2.28. The molecular weight excluding hydrogens is 498 g/mol. The molecule has 3 aliphatic heterocycles. The summed E-state index contributed by atoms with van der Waals surface area (Å²) in [7, 11) is 2.57. The Hall–Kier alpha value is -2.11. The lowest BCUT2D eigenvalue weighted by Gasteiger charge is -2.44. The number of nitrogens with one attached hydrogen (secondary N) is 1. The maximum absolute atomic E-state index is 12.0. The van der Waals surface area contributed by atoms with E-state index in [1.165, 1.54) is 21.6 Å². The second-order valence-electron chi connectivity index (χ2n) is 7.70. The van der Waals surface area contributed by atoms with Crippen molar-refractivity contribution in [2.24, 2.45) is 0 Å². The zero-order valence-electron chi connectivity index (χ0n) is 17.8. The van der Waals surface area contributed by atoms with Gasteiger partial charge in [0.1, 0.15) is 31.1 Å². The number of carbonyl (C=O) groups is 5. The van der Waals surface area contributed by atoms with Crippen molar-refractivity contribution >= 4 is 51.2 Å². The van der Waals surface area contributed by atoms with Crippen LogP contribution in [0.15, 0.2) is 0 Å². The number of piperidine rings is 1. The third-order valence-corrected chi connectivity index (χ3v) is 7.80. The third-order valence-electron chi connectivity index (χ3n) is 5.39. The van der Waals surface area contributed by atoms with Crippen molar-refractivity contribution < 1.29 is 54.0 Å². The summed E-state index contributed by atoms with van der Waals surface area (Å²) in [5.41, 5.74) is 0. The predicted octanol–water partition coefficient (Wildman–Crippen LogP) is -3.16. The summed E-state index contributed by atoms with van der Waals surface area (Å²) in [5.74, 6) is -3.12. The van der Waals surface area contributed by atoms with E-state index in [1.807, 2.05) is 0 Å². The van der Waals surface area contributed by atoms with Crippen LogP contribution in [0.2, 0.25) is 0 Å². The number of nitrogens with zero attached hydrogens (tertiary/aromatic N) is 2. The van der Waals surface area contributed by atoms with Gasteiger partial charge in [-0.15, -0.1) is 5.06 Å². The average Bonchev–Trinajstić information content (AvgIpc) is 3.27. The fourth-order valence-electron chi connectivity index (χ4n) is 3.61. The first kappa shape index (κ1) is 26.5. The van der Waals surface area contributed by atoms with Gasteiger partial charge in [0.05, 0.1) is 18.9 Å². The Morgan fingerprint density at radius 3 is 2.24 bits per heavy atom. The topological polar surface area (TPSA) is 203 Å². The molecule has 3 fully saturated rings. The van der Waals surface area contributed by atoms with Crippen LogP contribution in [0.4, 0.5) is 0 Å². The van der Waals surface area contributed by atoms with E-state index < -0.39 is 73.0 Å². The van der Waals surface area contributed by atoms with E-state index in [4.69, 9.17) is 9.57 Å². The second-order valence-corrected chi connectivity index (χ2v) is 10.4. The first-order valence-electron chi connectivity index (χ1n) is 10.4. The van der Waals surface area contributed by atoms with E-state index in [0.717, 1.165) is 4.90 Å². The van der Waals surface area contributed by atoms with Gasteiger partial charge in [0, 0.05) is 24.3 Å². The van der Waals surface area contributed by atoms with Gasteiger partial charge < -0.3 is 40.2 Å². The smallest absolute Gasteiger partial charge is 0.333 e. The molecule has 0 bridgehead atoms. The van der Waals surface area contributed by atoms with E-state index in [1.54, 1.807) is 0 Å². The Morgan fingerprint density at radius 1 is 0.971 bits per heavy atom. The van der Waals surface area contributed by atoms with Gasteiger partial charge in [-0.25, -0.2) is 4.79 Å². The van der Waals surface area contributed by atoms with E-state index >= 15 is 0 Å². The van der Waals surface area contributed by atoms with Gasteiger partial charge >= 0.3 is 23.8 Å². The Balaban J connectivity index is 1.32. The summed E-state index contributed by atoms with van der Waals surface area (Å²) < 4.78 is 5.08. The summed E-state index contributed by atoms with van der Waals surface area (Å²) in [6.07, 6.45) is -6.95. The number of aliphatic hydroxyl groups is 4. The summed E-state index contributed by atoms with van der Waals surface area (Å²) in [4.78, 5) is 64.5. The first-order valence-corrected chi connectivity index (χ1v) is 12.9. The molecule has 5 N–H and O–H groups in total. The second kappa shape index (κ2) is 11.5. The molecule has 3 rings (SSSR count). The van der Waals surface area contributed by atoms with Crippen LogP contribution < -0.4 is 5.32 Å². The fourth-order valence-corrected chi connectivity index (χ4v) is 5.55. The number of hydrogen-bond donors (Lipinski definition) is 5. The summed E-state index contributed by atoms with van der Waals surface area (Å²) in [6.45, 7) is -0.480. The van der Waals surface area contributed by atoms with Crippen LogP contribution in [0.1, 0.15) is 25.7 Å². The van der Waals surface area contributed by atoms with E-state index in [0.29, 0.717) is 16.6 Å². The Labute approximate surface area is 201 Å². The molecule has 3 saturated heterocycles.